The van der Waals surface area contributed by atoms with Gasteiger partial charge in [-0.3, -0.25) is 9.78 Å². The molecule has 7 nitrogen and oxygen atoms in total. The Bertz CT molecular complexity index is 1700. The fourth-order valence-corrected chi connectivity index (χ4v) is 6.09. The number of pyridine rings is 1. The Morgan fingerprint density at radius 3 is 2.45 bits per heavy atom. The lowest BCUT2D eigenvalue weighted by Gasteiger charge is -2.39. The SMILES string of the molecule is COC(=O)C1Cc2c([nH]c3ccc(Br)cc23)C(c2ccc(-c3ccc(OC(C)C)cc3)nc2)N1C(=O)C#C[Si](C)(C)C. The molecular weight excluding hydrogens is 610 g/mol. The third-order valence-corrected chi connectivity index (χ3v) is 8.43. The summed E-state index contributed by atoms with van der Waals surface area (Å²) in [4.78, 5) is 37.0. The van der Waals surface area contributed by atoms with Gasteiger partial charge in [-0.2, -0.15) is 0 Å². The largest absolute Gasteiger partial charge is 0.491 e. The van der Waals surface area contributed by atoms with Crippen molar-refractivity contribution in [2.45, 2.75) is 58.1 Å². The number of carbonyl (C=O) groups excluding carboxylic acids is 2. The van der Waals surface area contributed by atoms with Crippen LogP contribution in [0.1, 0.15) is 36.7 Å². The number of nitrogens with zero attached hydrogens (tertiary/aromatic N) is 2. The van der Waals surface area contributed by atoms with Crippen molar-refractivity contribution in [1.29, 1.82) is 0 Å². The van der Waals surface area contributed by atoms with E-state index in [4.69, 9.17) is 14.5 Å². The Morgan fingerprint density at radius 2 is 1.83 bits per heavy atom. The van der Waals surface area contributed by atoms with Crippen LogP contribution in [-0.2, 0) is 20.7 Å². The Kier molecular flexibility index (Phi) is 8.31. The number of ether oxygens (including phenoxy) is 2. The summed E-state index contributed by atoms with van der Waals surface area (Å²) in [5.74, 6) is 2.78. The lowest BCUT2D eigenvalue weighted by molar-refractivity contribution is -0.153. The van der Waals surface area contributed by atoms with Crippen molar-refractivity contribution in [3.05, 3.63) is 82.1 Å². The first kappa shape index (κ1) is 29.6. The van der Waals surface area contributed by atoms with Crippen LogP contribution in [0.4, 0.5) is 0 Å². The molecule has 1 amide bonds. The molecule has 0 fully saturated rings. The maximum Gasteiger partial charge on any atom is 0.328 e. The number of aromatic nitrogens is 2. The molecule has 2 unspecified atom stereocenters. The molecule has 0 spiro atoms. The zero-order chi connectivity index (χ0) is 30.2. The number of aromatic amines is 1. The highest BCUT2D eigenvalue weighted by molar-refractivity contribution is 9.10. The molecule has 0 radical (unpaired) electrons. The van der Waals surface area contributed by atoms with Gasteiger partial charge in [0.05, 0.1) is 18.9 Å². The number of amides is 1. The van der Waals surface area contributed by atoms with Gasteiger partial charge < -0.3 is 19.4 Å². The van der Waals surface area contributed by atoms with Crippen LogP contribution in [0.15, 0.2) is 65.3 Å². The molecule has 1 aliphatic heterocycles. The molecule has 0 saturated heterocycles. The number of esters is 1. The van der Waals surface area contributed by atoms with Crippen molar-refractivity contribution in [2.24, 2.45) is 0 Å². The van der Waals surface area contributed by atoms with E-state index in [1.807, 2.05) is 68.4 Å². The summed E-state index contributed by atoms with van der Waals surface area (Å²) >= 11 is 3.58. The molecule has 0 aliphatic carbocycles. The molecule has 4 aromatic rings. The smallest absolute Gasteiger partial charge is 0.328 e. The van der Waals surface area contributed by atoms with Gasteiger partial charge in [0.15, 0.2) is 0 Å². The average molecular weight is 645 g/mol. The topological polar surface area (TPSA) is 84.5 Å². The van der Waals surface area contributed by atoms with Gasteiger partial charge in [-0.15, -0.1) is 5.54 Å². The third kappa shape index (κ3) is 6.15. The second-order valence-electron chi connectivity index (χ2n) is 11.7. The maximum atomic E-state index is 13.8. The van der Waals surface area contributed by atoms with Crippen molar-refractivity contribution < 1.29 is 19.1 Å². The van der Waals surface area contributed by atoms with Crippen LogP contribution < -0.4 is 4.74 Å². The monoisotopic (exact) mass is 643 g/mol. The summed E-state index contributed by atoms with van der Waals surface area (Å²) in [6.45, 7) is 10.2. The van der Waals surface area contributed by atoms with Gasteiger partial charge in [0.2, 0.25) is 0 Å². The number of benzene rings is 2. The van der Waals surface area contributed by atoms with Gasteiger partial charge in [-0.1, -0.05) is 41.6 Å². The molecule has 42 heavy (non-hydrogen) atoms. The van der Waals surface area contributed by atoms with Crippen molar-refractivity contribution in [2.75, 3.05) is 7.11 Å². The number of nitrogens with one attached hydrogen (secondary N) is 1. The highest BCUT2D eigenvalue weighted by atomic mass is 79.9. The number of rotatable bonds is 5. The van der Waals surface area contributed by atoms with E-state index < -0.39 is 32.0 Å². The summed E-state index contributed by atoms with van der Waals surface area (Å²) in [6, 6.07) is 16.2. The van der Waals surface area contributed by atoms with Gasteiger partial charge in [-0.05, 0) is 79.4 Å². The first-order chi connectivity index (χ1) is 19.9. The summed E-state index contributed by atoms with van der Waals surface area (Å²) < 4.78 is 11.9. The molecule has 2 atom stereocenters. The minimum atomic E-state index is -1.86. The van der Waals surface area contributed by atoms with Gasteiger partial charge in [-0.25, -0.2) is 4.79 Å². The number of H-pyrrole nitrogens is 1. The van der Waals surface area contributed by atoms with E-state index in [-0.39, 0.29) is 6.10 Å². The minimum absolute atomic E-state index is 0.0919. The van der Waals surface area contributed by atoms with Crippen LogP contribution in [0, 0.1) is 11.5 Å². The van der Waals surface area contributed by atoms with Crippen LogP contribution in [0.3, 0.4) is 0 Å². The van der Waals surface area contributed by atoms with Crippen LogP contribution >= 0.6 is 15.9 Å². The van der Waals surface area contributed by atoms with E-state index in [9.17, 15) is 9.59 Å². The van der Waals surface area contributed by atoms with Crippen molar-refractivity contribution in [1.82, 2.24) is 14.9 Å². The molecule has 9 heteroatoms. The first-order valence-electron chi connectivity index (χ1n) is 13.9. The van der Waals surface area contributed by atoms with E-state index >= 15 is 0 Å². The van der Waals surface area contributed by atoms with Crippen LogP contribution in [0.25, 0.3) is 22.2 Å². The molecule has 1 aliphatic rings. The van der Waals surface area contributed by atoms with Gasteiger partial charge >= 0.3 is 5.97 Å². The maximum absolute atomic E-state index is 13.8. The quantitative estimate of drug-likeness (QED) is 0.149. The second-order valence-corrected chi connectivity index (χ2v) is 17.4. The zero-order valence-corrected chi connectivity index (χ0v) is 27.2. The Morgan fingerprint density at radius 1 is 1.10 bits per heavy atom. The van der Waals surface area contributed by atoms with E-state index in [0.29, 0.717) is 6.42 Å². The van der Waals surface area contributed by atoms with E-state index in [1.54, 1.807) is 11.1 Å². The first-order valence-corrected chi connectivity index (χ1v) is 18.2. The number of methoxy groups -OCH3 is 1. The van der Waals surface area contributed by atoms with Crippen molar-refractivity contribution >= 4 is 46.8 Å². The van der Waals surface area contributed by atoms with E-state index in [1.165, 1.54) is 7.11 Å². The highest BCUT2D eigenvalue weighted by Gasteiger charge is 2.44. The highest BCUT2D eigenvalue weighted by Crippen LogP contribution is 2.42. The summed E-state index contributed by atoms with van der Waals surface area (Å²) in [6.07, 6.45) is 2.18. The molecule has 2 aromatic carbocycles. The Labute approximate surface area is 255 Å². The number of carbonyl (C=O) groups is 2. The molecule has 216 valence electrons. The standard InChI is InChI=1S/C33H34BrN3O4Si/c1-20(2)41-24-11-7-21(8-12-24)27-13-9-22(19-35-27)32-31-26(25-17-23(34)10-14-28(25)36-31)18-29(33(39)40-3)37(32)30(38)15-16-42(4,5)6/h7-14,17,19-20,29,32,36H,18H2,1-6H3. The predicted molar refractivity (Wildman–Crippen MR) is 171 cm³/mol. The molecule has 5 rings (SSSR count). The number of halogens is 1. The lowest BCUT2D eigenvalue weighted by atomic mass is 9.88. The molecular formula is C33H34BrN3O4Si. The molecule has 1 N–H and O–H groups in total. The Balaban J connectivity index is 1.63. The molecule has 2 aromatic heterocycles. The number of hydrogen-bond acceptors (Lipinski definition) is 5. The second kappa shape index (κ2) is 11.8. The lowest BCUT2D eigenvalue weighted by Crippen LogP contribution is -2.51. The van der Waals surface area contributed by atoms with Crippen LogP contribution in [-0.4, -0.2) is 54.1 Å². The van der Waals surface area contributed by atoms with Gasteiger partial charge in [0.1, 0.15) is 25.9 Å². The van der Waals surface area contributed by atoms with Crippen LogP contribution in [0.2, 0.25) is 19.6 Å². The van der Waals surface area contributed by atoms with Gasteiger partial charge in [0, 0.05) is 39.3 Å². The van der Waals surface area contributed by atoms with E-state index in [2.05, 4.69) is 52.0 Å². The molecule has 0 saturated carbocycles. The zero-order valence-electron chi connectivity index (χ0n) is 24.6. The number of fused-ring (bicyclic) bond motifs is 3. The average Bonchev–Trinajstić information content (AvgIpc) is 3.31. The van der Waals surface area contributed by atoms with Gasteiger partial charge in [0.25, 0.3) is 5.91 Å². The minimum Gasteiger partial charge on any atom is -0.491 e. The molecule has 0 bridgehead atoms. The predicted octanol–water partition coefficient (Wildman–Crippen LogP) is 6.68. The van der Waals surface area contributed by atoms with Crippen molar-refractivity contribution in [3.63, 3.8) is 0 Å². The van der Waals surface area contributed by atoms with E-state index in [0.717, 1.165) is 49.2 Å². The summed E-state index contributed by atoms with van der Waals surface area (Å²) in [5.41, 5.74) is 8.41. The normalized spacial score (nSPS) is 16.5. The van der Waals surface area contributed by atoms with Crippen LogP contribution in [0.5, 0.6) is 5.75 Å². The molecule has 3 heterocycles. The summed E-state index contributed by atoms with van der Waals surface area (Å²) in [7, 11) is -0.514. The Hall–Kier alpha value is -3.87. The fraction of sp³-hybridized carbons (Fsp3) is 0.303. The number of hydrogen-bond donors (Lipinski definition) is 1. The summed E-state index contributed by atoms with van der Waals surface area (Å²) in [5, 5.41) is 0.992. The third-order valence-electron chi connectivity index (χ3n) is 7.06. The van der Waals surface area contributed by atoms with Crippen molar-refractivity contribution in [3.8, 4) is 28.5 Å². The fourth-order valence-electron chi connectivity index (χ4n) is 5.24.